The lowest BCUT2D eigenvalue weighted by atomic mass is 10.1. The zero-order valence-electron chi connectivity index (χ0n) is 8.97. The molecule has 1 saturated heterocycles. The molecule has 0 spiro atoms. The predicted octanol–water partition coefficient (Wildman–Crippen LogP) is 0.0944. The van der Waals surface area contributed by atoms with Crippen LogP contribution in [0.15, 0.2) is 18.3 Å². The maximum absolute atomic E-state index is 11.0. The molecule has 0 aliphatic carbocycles. The summed E-state index contributed by atoms with van der Waals surface area (Å²) in [5, 5.41) is 9.10. The van der Waals surface area contributed by atoms with Gasteiger partial charge in [0.2, 0.25) is 5.91 Å². The Bertz CT molecular complexity index is 377. The number of carbonyl (C=O) groups is 1. The predicted molar refractivity (Wildman–Crippen MR) is 58.5 cm³/mol. The summed E-state index contributed by atoms with van der Waals surface area (Å²) in [5.41, 5.74) is 6.15. The minimum atomic E-state index is -0.221. The lowest BCUT2D eigenvalue weighted by Gasteiger charge is -2.14. The van der Waals surface area contributed by atoms with Crippen LogP contribution in [0, 0.1) is 5.92 Å². The summed E-state index contributed by atoms with van der Waals surface area (Å²) in [4.78, 5) is 17.2. The van der Waals surface area contributed by atoms with Gasteiger partial charge in [-0.05, 0) is 25.1 Å². The molecule has 1 aliphatic heterocycles. The fourth-order valence-corrected chi connectivity index (χ4v) is 1.95. The van der Waals surface area contributed by atoms with Gasteiger partial charge in [0.15, 0.2) is 0 Å². The van der Waals surface area contributed by atoms with Crippen molar-refractivity contribution < 1.29 is 9.90 Å². The number of amides is 1. The first-order chi connectivity index (χ1) is 7.65. The summed E-state index contributed by atoms with van der Waals surface area (Å²) in [5.74, 6) is -0.0848. The Morgan fingerprint density at radius 1 is 1.62 bits per heavy atom. The fraction of sp³-hybridized carbons (Fsp3) is 0.455. The Labute approximate surface area is 93.9 Å². The molecule has 1 aliphatic rings. The van der Waals surface area contributed by atoms with Crippen molar-refractivity contribution in [2.75, 3.05) is 13.1 Å². The number of likely N-dealkylation sites (tertiary alicyclic amines) is 1. The summed E-state index contributed by atoms with van der Waals surface area (Å²) in [6.07, 6.45) is 2.25. The number of pyridine rings is 1. The topological polar surface area (TPSA) is 79.5 Å². The van der Waals surface area contributed by atoms with Crippen molar-refractivity contribution in [2.24, 2.45) is 11.7 Å². The molecule has 0 saturated carbocycles. The molecule has 2 rings (SSSR count). The van der Waals surface area contributed by atoms with E-state index in [2.05, 4.69) is 9.88 Å². The molecule has 1 aromatic heterocycles. The number of hydrogen-bond donors (Lipinski definition) is 2. The van der Waals surface area contributed by atoms with Crippen molar-refractivity contribution >= 4 is 5.91 Å². The van der Waals surface area contributed by atoms with E-state index in [0.29, 0.717) is 13.1 Å². The second-order valence-corrected chi connectivity index (χ2v) is 4.13. The summed E-state index contributed by atoms with van der Waals surface area (Å²) < 4.78 is 0. The Hall–Kier alpha value is -1.62. The average molecular weight is 221 g/mol. The van der Waals surface area contributed by atoms with E-state index >= 15 is 0 Å². The van der Waals surface area contributed by atoms with Gasteiger partial charge >= 0.3 is 0 Å². The summed E-state index contributed by atoms with van der Waals surface area (Å²) in [6.45, 7) is 2.28. The maximum atomic E-state index is 11.0. The van der Waals surface area contributed by atoms with Gasteiger partial charge in [-0.1, -0.05) is 0 Å². The fourth-order valence-electron chi connectivity index (χ4n) is 1.95. The minimum absolute atomic E-state index is 0.0304. The monoisotopic (exact) mass is 221 g/mol. The second kappa shape index (κ2) is 4.49. The first kappa shape index (κ1) is 10.9. The van der Waals surface area contributed by atoms with Crippen LogP contribution in [0.5, 0.6) is 5.75 Å². The van der Waals surface area contributed by atoms with E-state index in [1.54, 1.807) is 12.1 Å². The Kier molecular flexibility index (Phi) is 3.05. The van der Waals surface area contributed by atoms with Crippen molar-refractivity contribution in [3.05, 3.63) is 24.0 Å². The standard InChI is InChI=1S/C11H15N3O2/c12-11(16)8-3-4-14(6-8)7-9-1-2-10(15)5-13-9/h1-2,5,8,15H,3-4,6-7H2,(H2,12,16). The van der Waals surface area contributed by atoms with E-state index in [0.717, 1.165) is 18.7 Å². The van der Waals surface area contributed by atoms with Crippen LogP contribution in [0.3, 0.4) is 0 Å². The second-order valence-electron chi connectivity index (χ2n) is 4.13. The van der Waals surface area contributed by atoms with Crippen LogP contribution in [0.25, 0.3) is 0 Å². The molecule has 0 radical (unpaired) electrons. The van der Waals surface area contributed by atoms with Gasteiger partial charge in [-0.2, -0.15) is 0 Å². The normalized spacial score (nSPS) is 21.1. The van der Waals surface area contributed by atoms with Crippen LogP contribution >= 0.6 is 0 Å². The van der Waals surface area contributed by atoms with Crippen LogP contribution in [0.1, 0.15) is 12.1 Å². The number of nitrogens with zero attached hydrogens (tertiary/aromatic N) is 2. The van der Waals surface area contributed by atoms with E-state index in [-0.39, 0.29) is 17.6 Å². The number of aromatic hydroxyl groups is 1. The maximum Gasteiger partial charge on any atom is 0.221 e. The molecule has 16 heavy (non-hydrogen) atoms. The highest BCUT2D eigenvalue weighted by Crippen LogP contribution is 2.18. The highest BCUT2D eigenvalue weighted by atomic mass is 16.3. The largest absolute Gasteiger partial charge is 0.506 e. The summed E-state index contributed by atoms with van der Waals surface area (Å²) in [7, 11) is 0. The number of hydrogen-bond acceptors (Lipinski definition) is 4. The third-order valence-electron chi connectivity index (χ3n) is 2.87. The molecule has 1 unspecified atom stereocenters. The molecule has 0 aromatic carbocycles. The van der Waals surface area contributed by atoms with Gasteiger partial charge in [-0.25, -0.2) is 0 Å². The molecule has 2 heterocycles. The van der Waals surface area contributed by atoms with Crippen molar-refractivity contribution in [3.8, 4) is 5.75 Å². The van der Waals surface area contributed by atoms with Gasteiger partial charge in [-0.3, -0.25) is 14.7 Å². The highest BCUT2D eigenvalue weighted by molar-refractivity contribution is 5.77. The summed E-state index contributed by atoms with van der Waals surface area (Å²) >= 11 is 0. The lowest BCUT2D eigenvalue weighted by molar-refractivity contribution is -0.121. The van der Waals surface area contributed by atoms with Crippen molar-refractivity contribution in [1.29, 1.82) is 0 Å². The van der Waals surface area contributed by atoms with E-state index in [1.165, 1.54) is 6.20 Å². The van der Waals surface area contributed by atoms with Crippen LogP contribution in [-0.4, -0.2) is 34.0 Å². The van der Waals surface area contributed by atoms with Crippen LogP contribution in [0.4, 0.5) is 0 Å². The number of rotatable bonds is 3. The van der Waals surface area contributed by atoms with Crippen LogP contribution in [0.2, 0.25) is 0 Å². The Balaban J connectivity index is 1.92. The van der Waals surface area contributed by atoms with E-state index < -0.39 is 0 Å². The third-order valence-corrected chi connectivity index (χ3v) is 2.87. The van der Waals surface area contributed by atoms with Gasteiger partial charge in [0.1, 0.15) is 5.75 Å². The number of carbonyl (C=O) groups excluding carboxylic acids is 1. The molecule has 1 atom stereocenters. The first-order valence-corrected chi connectivity index (χ1v) is 5.30. The highest BCUT2D eigenvalue weighted by Gasteiger charge is 2.26. The number of nitrogens with two attached hydrogens (primary N) is 1. The number of aromatic nitrogens is 1. The van der Waals surface area contributed by atoms with E-state index in [1.807, 2.05) is 0 Å². The Morgan fingerprint density at radius 3 is 3.00 bits per heavy atom. The lowest BCUT2D eigenvalue weighted by Crippen LogP contribution is -2.27. The van der Waals surface area contributed by atoms with Gasteiger partial charge < -0.3 is 10.8 Å². The molecule has 1 fully saturated rings. The van der Waals surface area contributed by atoms with Crippen LogP contribution < -0.4 is 5.73 Å². The molecule has 5 nitrogen and oxygen atoms in total. The molecular weight excluding hydrogens is 206 g/mol. The van der Waals surface area contributed by atoms with Crippen molar-refractivity contribution in [1.82, 2.24) is 9.88 Å². The van der Waals surface area contributed by atoms with E-state index in [9.17, 15) is 4.79 Å². The van der Waals surface area contributed by atoms with Gasteiger partial charge in [0.25, 0.3) is 0 Å². The van der Waals surface area contributed by atoms with Gasteiger partial charge in [0.05, 0.1) is 17.8 Å². The third kappa shape index (κ3) is 2.49. The SMILES string of the molecule is NC(=O)C1CCN(Cc2ccc(O)cn2)C1. The molecule has 86 valence electrons. The van der Waals surface area contributed by atoms with Gasteiger partial charge in [-0.15, -0.1) is 0 Å². The molecule has 1 aromatic rings. The minimum Gasteiger partial charge on any atom is -0.506 e. The smallest absolute Gasteiger partial charge is 0.221 e. The van der Waals surface area contributed by atoms with Gasteiger partial charge in [0, 0.05) is 13.1 Å². The van der Waals surface area contributed by atoms with Crippen LogP contribution in [-0.2, 0) is 11.3 Å². The average Bonchev–Trinajstić information content (AvgIpc) is 2.70. The molecule has 1 amide bonds. The zero-order chi connectivity index (χ0) is 11.5. The zero-order valence-corrected chi connectivity index (χ0v) is 8.97. The quantitative estimate of drug-likeness (QED) is 0.758. The molecule has 0 bridgehead atoms. The van der Waals surface area contributed by atoms with Crippen molar-refractivity contribution in [2.45, 2.75) is 13.0 Å². The van der Waals surface area contributed by atoms with E-state index in [4.69, 9.17) is 10.8 Å². The summed E-state index contributed by atoms with van der Waals surface area (Å²) in [6, 6.07) is 3.40. The number of primary amides is 1. The molecule has 3 N–H and O–H groups in total. The first-order valence-electron chi connectivity index (χ1n) is 5.30. The Morgan fingerprint density at radius 2 is 2.44 bits per heavy atom. The molecular formula is C11H15N3O2. The molecule has 5 heteroatoms. The van der Waals surface area contributed by atoms with Crippen molar-refractivity contribution in [3.63, 3.8) is 0 Å².